The smallest absolute Gasteiger partial charge is 0.330 e. The summed E-state index contributed by atoms with van der Waals surface area (Å²) >= 11 is 0. The van der Waals surface area contributed by atoms with Crippen molar-refractivity contribution < 1.29 is 42.1 Å². The van der Waals surface area contributed by atoms with Crippen LogP contribution in [0.3, 0.4) is 0 Å². The quantitative estimate of drug-likeness (QED) is 0.0569. The van der Waals surface area contributed by atoms with Gasteiger partial charge in [-0.15, -0.1) is 0 Å². The second-order valence-electron chi connectivity index (χ2n) is 12.3. The molecule has 44 heavy (non-hydrogen) atoms. The first-order chi connectivity index (χ1) is 20.8. The third-order valence-electron chi connectivity index (χ3n) is 9.74. The summed E-state index contributed by atoms with van der Waals surface area (Å²) in [5, 5.41) is 0. The molecule has 0 aromatic carbocycles. The van der Waals surface area contributed by atoms with Gasteiger partial charge in [-0.1, -0.05) is 62.3 Å². The van der Waals surface area contributed by atoms with Crippen LogP contribution < -0.4 is 0 Å². The molecule has 0 aromatic heterocycles. The van der Waals surface area contributed by atoms with Gasteiger partial charge >= 0.3 is 11.9 Å². The molecule has 1 unspecified atom stereocenters. The maximum absolute atomic E-state index is 12.8. The molecule has 0 spiro atoms. The van der Waals surface area contributed by atoms with Crippen molar-refractivity contribution in [3.05, 3.63) is 24.0 Å². The minimum atomic E-state index is -2.02. The highest BCUT2D eigenvalue weighted by Gasteiger charge is 2.59. The molecule has 1 aliphatic rings. The number of hydrogen-bond donors (Lipinski definition) is 0. The average Bonchev–Trinajstić information content (AvgIpc) is 3.04. The molecular formula is C33H62O9Si2. The first-order valence-electron chi connectivity index (χ1n) is 16.5. The summed E-state index contributed by atoms with van der Waals surface area (Å²) in [6.07, 6.45) is 4.18. The highest BCUT2D eigenvalue weighted by Crippen LogP contribution is 2.49. The van der Waals surface area contributed by atoms with Gasteiger partial charge in [0.05, 0.1) is 39.3 Å². The molecule has 1 rings (SSSR count). The van der Waals surface area contributed by atoms with Crippen LogP contribution in [0.25, 0.3) is 0 Å². The summed E-state index contributed by atoms with van der Waals surface area (Å²) in [6.45, 7) is 19.4. The van der Waals surface area contributed by atoms with Gasteiger partial charge in [0.25, 0.3) is 0 Å². The Morgan fingerprint density at radius 1 is 0.955 bits per heavy atom. The lowest BCUT2D eigenvalue weighted by molar-refractivity contribution is -0.338. The van der Waals surface area contributed by atoms with Crippen LogP contribution in [-0.2, 0) is 42.1 Å². The topological polar surface area (TPSA) is 98.8 Å². The fraction of sp³-hybridized carbons (Fsp3) is 0.818. The zero-order valence-electron chi connectivity index (χ0n) is 29.7. The summed E-state index contributed by atoms with van der Waals surface area (Å²) in [4.78, 5) is 25.4. The lowest BCUT2D eigenvalue weighted by Crippen LogP contribution is -2.63. The number of carbonyl (C=O) groups is 2. The summed E-state index contributed by atoms with van der Waals surface area (Å²) in [7, 11) is 0.525. The monoisotopic (exact) mass is 658 g/mol. The zero-order chi connectivity index (χ0) is 33.6. The van der Waals surface area contributed by atoms with E-state index in [4.69, 9.17) is 32.5 Å². The van der Waals surface area contributed by atoms with Gasteiger partial charge in [-0.3, -0.25) is 4.79 Å². The lowest BCUT2D eigenvalue weighted by Gasteiger charge is -2.53. The summed E-state index contributed by atoms with van der Waals surface area (Å²) in [6, 6.07) is 6.19. The van der Waals surface area contributed by atoms with Gasteiger partial charge in [0.2, 0.25) is 5.79 Å². The van der Waals surface area contributed by atoms with Crippen molar-refractivity contribution >= 4 is 28.6 Å². The summed E-state index contributed by atoms with van der Waals surface area (Å²) in [5.41, 5.74) is -0.291. The summed E-state index contributed by atoms with van der Waals surface area (Å²) < 4.78 is 43.4. The predicted molar refractivity (Wildman–Crippen MR) is 179 cm³/mol. The Morgan fingerprint density at radius 2 is 1.52 bits per heavy atom. The van der Waals surface area contributed by atoms with E-state index in [-0.39, 0.29) is 12.5 Å². The van der Waals surface area contributed by atoms with E-state index in [1.165, 1.54) is 20.3 Å². The van der Waals surface area contributed by atoms with E-state index in [9.17, 15) is 9.59 Å². The molecule has 1 heterocycles. The molecule has 0 bridgehead atoms. The van der Waals surface area contributed by atoms with Gasteiger partial charge in [0, 0.05) is 31.4 Å². The Labute approximate surface area is 269 Å². The van der Waals surface area contributed by atoms with Gasteiger partial charge in [0.15, 0.2) is 22.7 Å². The van der Waals surface area contributed by atoms with Crippen molar-refractivity contribution in [2.24, 2.45) is 5.41 Å². The molecule has 1 fully saturated rings. The third kappa shape index (κ3) is 9.99. The van der Waals surface area contributed by atoms with Gasteiger partial charge in [0.1, 0.15) is 0 Å². The molecule has 0 radical (unpaired) electrons. The third-order valence-corrected chi connectivity index (χ3v) is 19.1. The van der Waals surface area contributed by atoms with E-state index >= 15 is 0 Å². The van der Waals surface area contributed by atoms with Crippen molar-refractivity contribution in [2.75, 3.05) is 27.9 Å². The van der Waals surface area contributed by atoms with Crippen molar-refractivity contribution in [2.45, 2.75) is 142 Å². The van der Waals surface area contributed by atoms with Crippen molar-refractivity contribution in [1.29, 1.82) is 0 Å². The molecular weight excluding hydrogens is 597 g/mol. The maximum atomic E-state index is 12.8. The molecule has 0 aliphatic carbocycles. The summed E-state index contributed by atoms with van der Waals surface area (Å²) in [5.74, 6) is -2.45. The normalized spacial score (nSPS) is 23.1. The fourth-order valence-corrected chi connectivity index (χ4v) is 11.7. The highest BCUT2D eigenvalue weighted by atomic mass is 28.4. The van der Waals surface area contributed by atoms with Crippen LogP contribution in [0, 0.1) is 5.41 Å². The molecule has 4 atom stereocenters. The van der Waals surface area contributed by atoms with E-state index in [1.807, 2.05) is 19.9 Å². The van der Waals surface area contributed by atoms with Crippen molar-refractivity contribution in [3.63, 3.8) is 0 Å². The molecule has 0 saturated carbocycles. The number of rotatable bonds is 20. The van der Waals surface area contributed by atoms with E-state index in [0.717, 1.165) is 36.3 Å². The number of methoxy groups -OCH3 is 3. The van der Waals surface area contributed by atoms with Crippen LogP contribution in [0.15, 0.2) is 24.0 Å². The first kappa shape index (κ1) is 40.5. The first-order valence-corrected chi connectivity index (χ1v) is 21.6. The second kappa shape index (κ2) is 18.6. The predicted octanol–water partition coefficient (Wildman–Crippen LogP) is 7.53. The Hall–Kier alpha value is -1.51. The standard InChI is InChI=1S/C33H62O9Si2/c1-13-29(34)40-31-26(23-30(35)37-11)22-27(41-33(31,38-12)32(8,9)20-21-36-10)24-28(42-44(17-5,18-6)19-7)25-39-43(14-2,15-3)16-4/h20-21,23,27-28,31H,13-19,22,24-25H2,1-12H3/b21-20+,26-23+/t27-,28?,31-,33+/m0/s1. The molecule has 0 aromatic rings. The van der Waals surface area contributed by atoms with Gasteiger partial charge in [-0.05, 0) is 54.3 Å². The molecule has 9 nitrogen and oxygen atoms in total. The van der Waals surface area contributed by atoms with E-state index in [0.29, 0.717) is 25.0 Å². The zero-order valence-corrected chi connectivity index (χ0v) is 31.7. The van der Waals surface area contributed by atoms with Gasteiger partial charge in [-0.2, -0.15) is 0 Å². The van der Waals surface area contributed by atoms with Crippen LogP contribution in [0.2, 0.25) is 36.3 Å². The van der Waals surface area contributed by atoms with Gasteiger partial charge < -0.3 is 32.5 Å². The minimum absolute atomic E-state index is 0.155. The van der Waals surface area contributed by atoms with Crippen molar-refractivity contribution in [3.8, 4) is 0 Å². The second-order valence-corrected chi connectivity index (χ2v) is 21.8. The molecule has 0 N–H and O–H groups in total. The van der Waals surface area contributed by atoms with Crippen LogP contribution in [-0.4, -0.2) is 80.6 Å². The van der Waals surface area contributed by atoms with E-state index in [2.05, 4.69) is 41.5 Å². The molecule has 1 saturated heterocycles. The Morgan fingerprint density at radius 3 is 1.98 bits per heavy atom. The fourth-order valence-electron chi connectivity index (χ4n) is 6.19. The van der Waals surface area contributed by atoms with Crippen molar-refractivity contribution in [1.82, 2.24) is 0 Å². The van der Waals surface area contributed by atoms with Crippen LogP contribution in [0.4, 0.5) is 0 Å². The SMILES string of the molecule is CCC(=O)O[C@H]1/C(=C/C(=O)OC)C[C@@H](CC(CO[Si](CC)(CC)CC)O[Si](CC)(CC)CC)O[C@@]1(OC)C(C)(C)/C=C/OC. The minimum Gasteiger partial charge on any atom is -0.505 e. The molecule has 1 aliphatic heterocycles. The van der Waals surface area contributed by atoms with E-state index in [1.54, 1.807) is 20.3 Å². The lowest BCUT2D eigenvalue weighted by atomic mass is 9.74. The van der Waals surface area contributed by atoms with E-state index < -0.39 is 52.0 Å². The number of hydrogen-bond acceptors (Lipinski definition) is 9. The maximum Gasteiger partial charge on any atom is 0.330 e. The molecule has 256 valence electrons. The van der Waals surface area contributed by atoms with Crippen LogP contribution >= 0.6 is 0 Å². The number of esters is 2. The average molecular weight is 659 g/mol. The Bertz CT molecular complexity index is 927. The number of ether oxygens (including phenoxy) is 5. The Balaban J connectivity index is 3.77. The molecule has 11 heteroatoms. The Kier molecular flexibility index (Phi) is 17.1. The van der Waals surface area contributed by atoms with Gasteiger partial charge in [-0.25, -0.2) is 4.79 Å². The molecule has 0 amide bonds. The number of carbonyl (C=O) groups excluding carboxylic acids is 2. The largest absolute Gasteiger partial charge is 0.505 e. The highest BCUT2D eigenvalue weighted by molar-refractivity contribution is 6.74. The van der Waals surface area contributed by atoms with Crippen LogP contribution in [0.5, 0.6) is 0 Å². The van der Waals surface area contributed by atoms with Crippen LogP contribution in [0.1, 0.15) is 81.6 Å².